The highest BCUT2D eigenvalue weighted by Crippen LogP contribution is 2.32. The molecule has 0 spiro atoms. The standard InChI is InChI=1S/C23H33N5O7S/c1-23(2,15-27-7-9-28(10-8-27)36(32,33)12-4-11-29)26-22(31)21(30)25-17-5-6-18(19(13-17)34-3)20-14-24-16-35-20/h5-6,13-14,16,29H,4,7-12,15H2,1-3H3,(H,25,30)(H,26,31). The molecule has 1 aromatic carbocycles. The molecule has 1 aliphatic rings. The van der Waals surface area contributed by atoms with E-state index in [1.54, 1.807) is 38.2 Å². The highest BCUT2D eigenvalue weighted by molar-refractivity contribution is 7.89. The largest absolute Gasteiger partial charge is 0.496 e. The number of piperazine rings is 1. The summed E-state index contributed by atoms with van der Waals surface area (Å²) in [7, 11) is -1.90. The number of carbonyl (C=O) groups is 2. The monoisotopic (exact) mass is 523 g/mol. The highest BCUT2D eigenvalue weighted by atomic mass is 32.2. The van der Waals surface area contributed by atoms with Crippen LogP contribution in [0.4, 0.5) is 5.69 Å². The Labute approximate surface area is 210 Å². The molecule has 1 fully saturated rings. The van der Waals surface area contributed by atoms with Crippen LogP contribution in [-0.2, 0) is 19.6 Å². The van der Waals surface area contributed by atoms with Gasteiger partial charge in [0.2, 0.25) is 10.0 Å². The molecular weight excluding hydrogens is 490 g/mol. The van der Waals surface area contributed by atoms with E-state index < -0.39 is 27.4 Å². The van der Waals surface area contributed by atoms with E-state index >= 15 is 0 Å². The average Bonchev–Trinajstić information content (AvgIpc) is 3.37. The number of rotatable bonds is 10. The fourth-order valence-electron chi connectivity index (χ4n) is 4.01. The zero-order chi connectivity index (χ0) is 26.3. The van der Waals surface area contributed by atoms with Crippen LogP contribution in [0.25, 0.3) is 11.3 Å². The summed E-state index contributed by atoms with van der Waals surface area (Å²) in [6.07, 6.45) is 3.06. The molecule has 1 aromatic heterocycles. The molecule has 0 atom stereocenters. The van der Waals surface area contributed by atoms with Crippen LogP contribution in [-0.4, -0.2) is 97.3 Å². The van der Waals surface area contributed by atoms with Crippen molar-refractivity contribution in [1.29, 1.82) is 0 Å². The molecule has 3 N–H and O–H groups in total. The molecule has 2 amide bonds. The van der Waals surface area contributed by atoms with Gasteiger partial charge in [-0.05, 0) is 32.4 Å². The molecule has 1 saturated heterocycles. The Kier molecular flexibility index (Phi) is 9.06. The van der Waals surface area contributed by atoms with Gasteiger partial charge in [-0.1, -0.05) is 0 Å². The number of anilines is 1. The highest BCUT2D eigenvalue weighted by Gasteiger charge is 2.31. The van der Waals surface area contributed by atoms with Crippen molar-refractivity contribution in [2.45, 2.75) is 25.8 Å². The number of sulfonamides is 1. The average molecular weight is 524 g/mol. The van der Waals surface area contributed by atoms with E-state index in [1.165, 1.54) is 17.8 Å². The smallest absolute Gasteiger partial charge is 0.313 e. The minimum absolute atomic E-state index is 0.0746. The number of hydrogen-bond donors (Lipinski definition) is 3. The number of aliphatic hydroxyl groups excluding tert-OH is 1. The summed E-state index contributed by atoms with van der Waals surface area (Å²) in [6, 6.07) is 4.91. The lowest BCUT2D eigenvalue weighted by atomic mass is 10.0. The molecule has 12 nitrogen and oxygen atoms in total. The Hall–Kier alpha value is -3.00. The third-order valence-corrected chi connectivity index (χ3v) is 7.68. The number of nitrogens with zero attached hydrogens (tertiary/aromatic N) is 3. The van der Waals surface area contributed by atoms with Gasteiger partial charge in [-0.25, -0.2) is 13.4 Å². The third-order valence-electron chi connectivity index (χ3n) is 5.72. The van der Waals surface area contributed by atoms with Crippen LogP contribution < -0.4 is 15.4 Å². The van der Waals surface area contributed by atoms with E-state index in [1.807, 2.05) is 4.90 Å². The molecule has 3 rings (SSSR count). The fraction of sp³-hybridized carbons (Fsp3) is 0.522. The number of carbonyl (C=O) groups excluding carboxylic acids is 2. The van der Waals surface area contributed by atoms with E-state index in [-0.39, 0.29) is 18.8 Å². The van der Waals surface area contributed by atoms with E-state index in [0.717, 1.165) is 0 Å². The molecule has 36 heavy (non-hydrogen) atoms. The SMILES string of the molecule is COc1cc(NC(=O)C(=O)NC(C)(C)CN2CCN(S(=O)(=O)CCCO)CC2)ccc1-c1cnco1. The number of benzene rings is 1. The predicted octanol–water partition coefficient (Wildman–Crippen LogP) is 0.513. The van der Waals surface area contributed by atoms with Crippen molar-refractivity contribution in [2.24, 2.45) is 0 Å². The van der Waals surface area contributed by atoms with Crippen LogP contribution in [0.1, 0.15) is 20.3 Å². The van der Waals surface area contributed by atoms with Crippen LogP contribution in [0.15, 0.2) is 35.2 Å². The summed E-state index contributed by atoms with van der Waals surface area (Å²) < 4.78 is 36.7. The number of hydrogen-bond acceptors (Lipinski definition) is 9. The molecule has 0 unspecified atom stereocenters. The lowest BCUT2D eigenvalue weighted by Crippen LogP contribution is -2.57. The summed E-state index contributed by atoms with van der Waals surface area (Å²) in [5.41, 5.74) is 0.298. The van der Waals surface area contributed by atoms with Gasteiger partial charge in [-0.2, -0.15) is 4.31 Å². The summed E-state index contributed by atoms with van der Waals surface area (Å²) in [6.45, 7) is 5.56. The second-order valence-electron chi connectivity index (χ2n) is 9.14. The lowest BCUT2D eigenvalue weighted by Gasteiger charge is -2.38. The molecule has 198 valence electrons. The number of methoxy groups -OCH3 is 1. The second-order valence-corrected chi connectivity index (χ2v) is 11.2. The number of nitrogens with one attached hydrogen (secondary N) is 2. The molecule has 13 heteroatoms. The van der Waals surface area contributed by atoms with Crippen molar-refractivity contribution in [2.75, 3.05) is 57.5 Å². The van der Waals surface area contributed by atoms with Crippen LogP contribution in [0, 0.1) is 0 Å². The van der Waals surface area contributed by atoms with Crippen LogP contribution in [0.2, 0.25) is 0 Å². The topological polar surface area (TPSA) is 154 Å². The molecular formula is C23H33N5O7S. The van der Waals surface area contributed by atoms with Crippen molar-refractivity contribution in [3.05, 3.63) is 30.8 Å². The Bertz CT molecular complexity index is 1140. The maximum atomic E-state index is 12.6. The van der Waals surface area contributed by atoms with Gasteiger partial charge in [0.05, 0.1) is 24.6 Å². The van der Waals surface area contributed by atoms with E-state index in [4.69, 9.17) is 14.3 Å². The normalized spacial score (nSPS) is 15.4. The second kappa shape index (κ2) is 11.8. The summed E-state index contributed by atoms with van der Waals surface area (Å²) in [5, 5.41) is 14.2. The van der Waals surface area contributed by atoms with E-state index in [2.05, 4.69) is 15.6 Å². The fourth-order valence-corrected chi connectivity index (χ4v) is 5.49. The minimum atomic E-state index is -3.39. The number of oxazole rings is 1. The van der Waals surface area contributed by atoms with E-state index in [0.29, 0.717) is 55.5 Å². The molecule has 0 radical (unpaired) electrons. The van der Waals surface area contributed by atoms with Crippen LogP contribution in [0.3, 0.4) is 0 Å². The molecule has 0 saturated carbocycles. The van der Waals surface area contributed by atoms with Gasteiger partial charge in [0.15, 0.2) is 12.2 Å². The molecule has 2 aromatic rings. The van der Waals surface area contributed by atoms with Gasteiger partial charge in [0.1, 0.15) is 5.75 Å². The predicted molar refractivity (Wildman–Crippen MR) is 133 cm³/mol. The first-order chi connectivity index (χ1) is 17.0. The Balaban J connectivity index is 1.52. The first-order valence-corrected chi connectivity index (χ1v) is 13.2. The van der Waals surface area contributed by atoms with Crippen LogP contribution >= 0.6 is 0 Å². The number of aromatic nitrogens is 1. The first kappa shape index (κ1) is 27.6. The van der Waals surface area contributed by atoms with E-state index in [9.17, 15) is 18.0 Å². The zero-order valence-corrected chi connectivity index (χ0v) is 21.5. The maximum Gasteiger partial charge on any atom is 0.313 e. The molecule has 1 aliphatic heterocycles. The van der Waals surface area contributed by atoms with Gasteiger partial charge in [-0.15, -0.1) is 0 Å². The summed E-state index contributed by atoms with van der Waals surface area (Å²) in [5.74, 6) is -0.731. The summed E-state index contributed by atoms with van der Waals surface area (Å²) in [4.78, 5) is 31.1. The minimum Gasteiger partial charge on any atom is -0.496 e. The molecule has 2 heterocycles. The Morgan fingerprint density at radius 1 is 1.19 bits per heavy atom. The van der Waals surface area contributed by atoms with Crippen molar-refractivity contribution >= 4 is 27.5 Å². The zero-order valence-electron chi connectivity index (χ0n) is 20.7. The van der Waals surface area contributed by atoms with Crippen molar-refractivity contribution in [3.8, 4) is 17.1 Å². The van der Waals surface area contributed by atoms with Gasteiger partial charge >= 0.3 is 11.8 Å². The van der Waals surface area contributed by atoms with Gasteiger partial charge in [-0.3, -0.25) is 14.5 Å². The van der Waals surface area contributed by atoms with Gasteiger partial charge in [0.25, 0.3) is 0 Å². The van der Waals surface area contributed by atoms with Gasteiger partial charge < -0.3 is 24.9 Å². The van der Waals surface area contributed by atoms with Crippen molar-refractivity contribution < 1.29 is 32.3 Å². The van der Waals surface area contributed by atoms with Crippen molar-refractivity contribution in [3.63, 3.8) is 0 Å². The molecule has 0 aliphatic carbocycles. The molecule has 0 bridgehead atoms. The Morgan fingerprint density at radius 2 is 1.92 bits per heavy atom. The number of ether oxygens (including phenoxy) is 1. The number of aliphatic hydroxyl groups is 1. The first-order valence-electron chi connectivity index (χ1n) is 11.6. The quantitative estimate of drug-likeness (QED) is 0.378. The van der Waals surface area contributed by atoms with Crippen molar-refractivity contribution in [1.82, 2.24) is 19.5 Å². The van der Waals surface area contributed by atoms with Crippen LogP contribution in [0.5, 0.6) is 5.75 Å². The lowest BCUT2D eigenvalue weighted by molar-refractivity contribution is -0.137. The summed E-state index contributed by atoms with van der Waals surface area (Å²) >= 11 is 0. The third kappa shape index (κ3) is 7.26. The maximum absolute atomic E-state index is 12.6. The van der Waals surface area contributed by atoms with Gasteiger partial charge in [0, 0.05) is 56.6 Å². The number of amides is 2. The Morgan fingerprint density at radius 3 is 2.53 bits per heavy atom.